The molecule has 24 heteroatoms. The van der Waals surface area contributed by atoms with E-state index in [-0.39, 0.29) is 23.2 Å². The number of nitrogens with two attached hydrogens (primary N) is 1. The van der Waals surface area contributed by atoms with Crippen LogP contribution < -0.4 is 31.5 Å². The minimum atomic E-state index is -1.44. The van der Waals surface area contributed by atoms with Gasteiger partial charge in [-0.3, -0.25) is 19.8 Å². The molecule has 3 amide bonds. The molecule has 8 rings (SSSR count). The third-order valence-corrected chi connectivity index (χ3v) is 10.7. The lowest BCUT2D eigenvalue weighted by molar-refractivity contribution is 0.0623. The van der Waals surface area contributed by atoms with Gasteiger partial charge in [0.05, 0.1) is 37.3 Å². The number of pyridine rings is 2. The number of carbonyl (C=O) groups is 4. The van der Waals surface area contributed by atoms with Gasteiger partial charge in [-0.05, 0) is 104 Å². The summed E-state index contributed by atoms with van der Waals surface area (Å²) >= 11 is 0. The average molecular weight is 992 g/mol. The number of ether oxygens (including phenoxy) is 2. The van der Waals surface area contributed by atoms with Gasteiger partial charge in [-0.2, -0.15) is 0 Å². The zero-order chi connectivity index (χ0) is 52.9. The molecule has 8 N–H and O–H groups in total. The fraction of sp³-hybridized carbons (Fsp3) is 0.447. The molecule has 2 aliphatic heterocycles. The van der Waals surface area contributed by atoms with E-state index in [0.717, 1.165) is 83.7 Å². The van der Waals surface area contributed by atoms with Crippen molar-refractivity contribution in [1.82, 2.24) is 45.2 Å². The first-order valence-corrected chi connectivity index (χ1v) is 22.5. The maximum absolute atomic E-state index is 14.3. The Morgan fingerprint density at radius 2 is 1.13 bits per heavy atom. The van der Waals surface area contributed by atoms with Crippen molar-refractivity contribution >= 4 is 69.4 Å². The van der Waals surface area contributed by atoms with Gasteiger partial charge in [-0.1, -0.05) is 0 Å². The normalized spacial score (nSPS) is 14.4. The number of carboxylic acid groups (broad SMARTS) is 1. The van der Waals surface area contributed by atoms with E-state index in [2.05, 4.69) is 72.5 Å². The van der Waals surface area contributed by atoms with Gasteiger partial charge in [0, 0.05) is 50.7 Å². The van der Waals surface area contributed by atoms with E-state index in [1.54, 1.807) is 47.9 Å². The number of halogens is 3. The number of carbonyl (C=O) groups excluding carboxylic acids is 3. The molecule has 382 valence electrons. The summed E-state index contributed by atoms with van der Waals surface area (Å²) in [6, 6.07) is 2.34. The average Bonchev–Trinajstić information content (AvgIpc) is 3.89. The van der Waals surface area contributed by atoms with Gasteiger partial charge in [0.15, 0.2) is 11.6 Å². The van der Waals surface area contributed by atoms with Crippen molar-refractivity contribution in [1.29, 1.82) is 0 Å². The van der Waals surface area contributed by atoms with E-state index in [0.29, 0.717) is 32.0 Å². The van der Waals surface area contributed by atoms with Crippen molar-refractivity contribution in [3.8, 4) is 0 Å². The molecular formula is C47H61F3N14O7. The van der Waals surface area contributed by atoms with E-state index in [4.69, 9.17) is 21.7 Å². The predicted octanol–water partition coefficient (Wildman–Crippen LogP) is 7.59. The van der Waals surface area contributed by atoms with Crippen LogP contribution in [0.3, 0.4) is 0 Å². The Labute approximate surface area is 409 Å². The largest absolute Gasteiger partial charge is 0.478 e. The zero-order valence-corrected chi connectivity index (χ0v) is 40.8. The van der Waals surface area contributed by atoms with E-state index in [1.807, 2.05) is 19.3 Å². The molecule has 0 bridgehead atoms. The molecule has 0 saturated carbocycles. The first-order valence-electron chi connectivity index (χ1n) is 23.2. The Morgan fingerprint density at radius 1 is 0.718 bits per heavy atom. The minimum Gasteiger partial charge on any atom is -0.478 e. The van der Waals surface area contributed by atoms with Gasteiger partial charge < -0.3 is 45.4 Å². The van der Waals surface area contributed by atoms with Gasteiger partial charge in [-0.15, -0.1) is 0 Å². The summed E-state index contributed by atoms with van der Waals surface area (Å²) < 4.78 is 53.0. The summed E-state index contributed by atoms with van der Waals surface area (Å²) in [5.74, 6) is -1.90. The maximum atomic E-state index is 14.3. The second-order valence-corrected chi connectivity index (χ2v) is 18.5. The number of aryl methyl sites for hydroxylation is 2. The third-order valence-electron chi connectivity index (χ3n) is 10.7. The second kappa shape index (κ2) is 23.8. The Bertz CT molecular complexity index is 2820. The van der Waals surface area contributed by atoms with Crippen LogP contribution in [0.4, 0.5) is 46.0 Å². The van der Waals surface area contributed by atoms with Gasteiger partial charge in [0.1, 0.15) is 64.0 Å². The number of fused-ring (bicyclic) bond motifs is 2. The Morgan fingerprint density at radius 3 is 1.55 bits per heavy atom. The van der Waals surface area contributed by atoms with Crippen LogP contribution in [0.1, 0.15) is 100 Å². The number of carboxylic acids is 1. The molecule has 0 atom stereocenters. The summed E-state index contributed by atoms with van der Waals surface area (Å²) in [6.45, 7) is 17.6. The molecule has 0 aromatic carbocycles. The highest BCUT2D eigenvalue weighted by Crippen LogP contribution is 2.29. The van der Waals surface area contributed by atoms with Crippen LogP contribution in [0, 0.1) is 25.5 Å². The number of aromatic nitrogens is 8. The van der Waals surface area contributed by atoms with E-state index < -0.39 is 59.6 Å². The van der Waals surface area contributed by atoms with Crippen LogP contribution in [0.2, 0.25) is 0 Å². The molecule has 6 aromatic rings. The molecule has 8 heterocycles. The number of anilines is 4. The number of nitrogens with one attached hydrogen (secondary N) is 5. The van der Waals surface area contributed by atoms with Crippen LogP contribution in [-0.2, 0) is 9.47 Å². The predicted molar refractivity (Wildman–Crippen MR) is 261 cm³/mol. The van der Waals surface area contributed by atoms with Crippen molar-refractivity contribution in [3.63, 3.8) is 0 Å². The molecule has 71 heavy (non-hydrogen) atoms. The van der Waals surface area contributed by atoms with Crippen molar-refractivity contribution < 1.29 is 48.3 Å². The number of aromatic amines is 2. The Balaban J connectivity index is 0.000000213. The molecule has 2 fully saturated rings. The Hall–Kier alpha value is -7.63. The van der Waals surface area contributed by atoms with Crippen LogP contribution in [-0.4, -0.2) is 126 Å². The lowest BCUT2D eigenvalue weighted by Crippen LogP contribution is -2.45. The second-order valence-electron chi connectivity index (χ2n) is 18.5. The number of amides is 3. The first kappa shape index (κ1) is 52.7. The molecule has 0 radical (unpaired) electrons. The number of hydrogen-bond acceptors (Lipinski definition) is 15. The molecule has 0 aliphatic carbocycles. The molecule has 2 saturated heterocycles. The number of alkyl halides is 1. The van der Waals surface area contributed by atoms with Gasteiger partial charge in [0.2, 0.25) is 0 Å². The minimum absolute atomic E-state index is 0.0327. The number of hydrogen-bond donors (Lipinski definition) is 7. The van der Waals surface area contributed by atoms with Crippen molar-refractivity contribution in [3.05, 3.63) is 83.5 Å². The van der Waals surface area contributed by atoms with Crippen LogP contribution in [0.25, 0.3) is 22.1 Å². The molecule has 0 unspecified atom stereocenters. The topological polar surface area (TPSA) is 284 Å². The fourth-order valence-corrected chi connectivity index (χ4v) is 7.45. The van der Waals surface area contributed by atoms with E-state index in [1.165, 1.54) is 18.0 Å². The fourth-order valence-electron chi connectivity index (χ4n) is 7.45. The van der Waals surface area contributed by atoms with E-state index in [9.17, 15) is 32.3 Å². The van der Waals surface area contributed by atoms with Crippen molar-refractivity contribution in [2.75, 3.05) is 53.8 Å². The number of rotatable bonds is 7. The highest BCUT2D eigenvalue weighted by molar-refractivity contribution is 5.96. The molecule has 2 aliphatic rings. The van der Waals surface area contributed by atoms with E-state index >= 15 is 0 Å². The summed E-state index contributed by atoms with van der Waals surface area (Å²) in [7, 11) is -1.00. The van der Waals surface area contributed by atoms with Crippen LogP contribution in [0.15, 0.2) is 49.6 Å². The SMILES string of the molecule is CC(C)(C)OC(=O)Nc1cc(C(=O)O)c(F)cn1.Cc1c[nH]c2ncnc(N3CCC(N)CC3)c12.Cc1c[nH]c2ncnc(N3CCC(NC(=O)c4cc(NC(=O)OC(C)(C)C)ncc4F)CC3)c12.[2H]CF. The molecule has 21 nitrogen and oxygen atoms in total. The monoisotopic (exact) mass is 991 g/mol. The summed E-state index contributed by atoms with van der Waals surface area (Å²) in [5.41, 5.74) is 7.76. The lowest BCUT2D eigenvalue weighted by atomic mass is 10.0. The lowest BCUT2D eigenvalue weighted by Gasteiger charge is -2.33. The quantitative estimate of drug-likeness (QED) is 0.0811. The third kappa shape index (κ3) is 15.2. The van der Waals surface area contributed by atoms with Gasteiger partial charge in [-0.25, -0.2) is 53.1 Å². The number of H-pyrrole nitrogens is 2. The maximum Gasteiger partial charge on any atom is 0.413 e. The van der Waals surface area contributed by atoms with Crippen LogP contribution in [0.5, 0.6) is 0 Å². The highest BCUT2D eigenvalue weighted by atomic mass is 19.1. The molecule has 6 aromatic heterocycles. The smallest absolute Gasteiger partial charge is 0.413 e. The number of nitrogens with zero attached hydrogens (tertiary/aromatic N) is 8. The number of piperidine rings is 2. The highest BCUT2D eigenvalue weighted by Gasteiger charge is 2.27. The molecular weight excluding hydrogens is 930 g/mol. The summed E-state index contributed by atoms with van der Waals surface area (Å²) in [5, 5.41) is 18.4. The first-order chi connectivity index (χ1) is 34.0. The van der Waals surface area contributed by atoms with Gasteiger partial charge >= 0.3 is 18.2 Å². The zero-order valence-electron chi connectivity index (χ0n) is 41.8. The Kier molecular flexibility index (Phi) is 17.7. The summed E-state index contributed by atoms with van der Waals surface area (Å²) in [6.07, 6.45) is 10.6. The summed E-state index contributed by atoms with van der Waals surface area (Å²) in [4.78, 5) is 82.4. The van der Waals surface area contributed by atoms with Crippen molar-refractivity contribution in [2.24, 2.45) is 5.73 Å². The number of aromatic carboxylic acids is 1. The van der Waals surface area contributed by atoms with Gasteiger partial charge in [0.25, 0.3) is 5.91 Å². The molecule has 0 spiro atoms. The van der Waals surface area contributed by atoms with Crippen molar-refractivity contribution in [2.45, 2.75) is 104 Å². The standard InChI is InChI=1S/C23H28FN7O3.C12H17N5.C11H13FN2O4.CH3F/c1-13-10-26-19-18(13)20(28-12-27-19)31-7-5-14(6-8-31)29-21(32)15-9-17(25-11-16(15)24)30-22(33)34-23(2,3)4;1-8-6-14-11-10(8)12(16-7-15-11)17-4-2-9(13)3-5-17;1-11(2,3)18-10(17)14-8-4-6(9(15)16)7(12)5-13-8;1-2/h9-12,14H,5-8H2,1-4H3,(H,29,32)(H,25,30,33)(H,26,27,28);6-7,9H,2-5,13H2,1H3,(H,14,15,16);4-5H,1-3H3,(H,15,16)(H,13,14,17);1H3/i;;;1D. The van der Waals surface area contributed by atoms with Crippen LogP contribution >= 0.6 is 0 Å².